The molecule has 0 saturated carbocycles. The molecular weight excluding hydrogens is 191 g/mol. The van der Waals surface area contributed by atoms with Crippen LogP contribution in [-0.4, -0.2) is 37.6 Å². The molecule has 0 aromatic heterocycles. The maximum atomic E-state index is 8.30. The van der Waals surface area contributed by atoms with Crippen molar-refractivity contribution in [2.75, 3.05) is 32.7 Å². The minimum Gasteiger partial charge on any atom is -0.512 e. The Labute approximate surface area is 122 Å². The second kappa shape index (κ2) is 12.5. The van der Waals surface area contributed by atoms with E-state index in [-0.39, 0.29) is 51.4 Å². The monoisotopic (exact) mass is 204 g/mol. The van der Waals surface area contributed by atoms with E-state index in [1.807, 2.05) is 0 Å². The Morgan fingerprint density at radius 2 is 1.85 bits per heavy atom. The van der Waals surface area contributed by atoms with Crippen LogP contribution in [0.15, 0.2) is 0 Å². The first kappa shape index (κ1) is 16.0. The Kier molecular flexibility index (Phi) is 15.4. The summed E-state index contributed by atoms with van der Waals surface area (Å²) in [6, 6.07) is 2.15. The number of nitrogens with one attached hydrogen (secondary N) is 1. The van der Waals surface area contributed by atoms with Crippen molar-refractivity contribution in [3.05, 3.63) is 6.57 Å². The average molecular weight is 204 g/mol. The molecule has 0 spiro atoms. The second-order valence-corrected chi connectivity index (χ2v) is 2.50. The van der Waals surface area contributed by atoms with Gasteiger partial charge in [0.1, 0.15) is 0 Å². The number of piperazine rings is 1. The van der Waals surface area contributed by atoms with Crippen LogP contribution in [0.2, 0.25) is 0 Å². The van der Waals surface area contributed by atoms with Gasteiger partial charge in [0, 0.05) is 39.1 Å². The van der Waals surface area contributed by atoms with Crippen LogP contribution in [0.4, 0.5) is 0 Å². The van der Waals surface area contributed by atoms with Crippen LogP contribution in [-0.2, 0) is 0 Å². The molecule has 0 radical (unpaired) electrons. The standard InChI is InChI=1S/C7H13N3.CN.K/c8-2-1-5-10-6-3-9-4-7-10;1-2;/h9H,1,3-7H2;;/q;-1;+1. The van der Waals surface area contributed by atoms with Crippen LogP contribution in [0.1, 0.15) is 6.42 Å². The van der Waals surface area contributed by atoms with E-state index in [2.05, 4.69) is 16.3 Å². The fourth-order valence-corrected chi connectivity index (χ4v) is 1.14. The Balaban J connectivity index is 0. The van der Waals surface area contributed by atoms with Gasteiger partial charge >= 0.3 is 51.4 Å². The van der Waals surface area contributed by atoms with Gasteiger partial charge in [-0.05, 0) is 0 Å². The van der Waals surface area contributed by atoms with E-state index < -0.39 is 0 Å². The molecule has 1 saturated heterocycles. The predicted molar refractivity (Wildman–Crippen MR) is 44.5 cm³/mol. The molecule has 5 heteroatoms. The predicted octanol–water partition coefficient (Wildman–Crippen LogP) is -3.09. The van der Waals surface area contributed by atoms with Gasteiger partial charge < -0.3 is 17.2 Å². The van der Waals surface area contributed by atoms with Gasteiger partial charge in [-0.15, -0.1) is 0 Å². The molecule has 1 aliphatic rings. The first-order valence-electron chi connectivity index (χ1n) is 3.96. The van der Waals surface area contributed by atoms with Gasteiger partial charge in [0.15, 0.2) is 0 Å². The molecule has 13 heavy (non-hydrogen) atoms. The summed E-state index contributed by atoms with van der Waals surface area (Å²) < 4.78 is 0. The van der Waals surface area contributed by atoms with Gasteiger partial charge in [0.25, 0.3) is 0 Å². The normalized spacial score (nSPS) is 15.8. The minimum absolute atomic E-state index is 0. The molecule has 0 bridgehead atoms. The van der Waals surface area contributed by atoms with Gasteiger partial charge in [0.2, 0.25) is 0 Å². The third-order valence-corrected chi connectivity index (χ3v) is 1.75. The van der Waals surface area contributed by atoms with E-state index in [1.54, 1.807) is 0 Å². The zero-order valence-electron chi connectivity index (χ0n) is 8.08. The average Bonchev–Trinajstić information content (AvgIpc) is 2.19. The Morgan fingerprint density at radius 1 is 1.31 bits per heavy atom. The molecule has 4 nitrogen and oxygen atoms in total. The first-order chi connectivity index (χ1) is 5.93. The molecule has 0 aromatic rings. The van der Waals surface area contributed by atoms with Crippen LogP contribution in [0.25, 0.3) is 0 Å². The molecule has 1 N–H and O–H groups in total. The first-order valence-corrected chi connectivity index (χ1v) is 3.96. The zero-order chi connectivity index (χ0) is 9.23. The SMILES string of the molecule is N#CCCN1CCNCC1.[C-]#N.[K+]. The van der Waals surface area contributed by atoms with E-state index in [0.717, 1.165) is 32.7 Å². The topological polar surface area (TPSA) is 62.9 Å². The quantitative estimate of drug-likeness (QED) is 0.382. The van der Waals surface area contributed by atoms with E-state index >= 15 is 0 Å². The van der Waals surface area contributed by atoms with E-state index in [4.69, 9.17) is 17.1 Å². The molecule has 0 unspecified atom stereocenters. The number of rotatable bonds is 2. The molecule has 1 rings (SSSR count). The van der Waals surface area contributed by atoms with Crippen molar-refractivity contribution in [2.24, 2.45) is 0 Å². The number of hydrogen-bond donors (Lipinski definition) is 1. The van der Waals surface area contributed by atoms with Crippen molar-refractivity contribution in [3.8, 4) is 6.07 Å². The third kappa shape index (κ3) is 8.86. The Bertz CT molecular complexity index is 157. The molecule has 0 aromatic carbocycles. The largest absolute Gasteiger partial charge is 1.00 e. The van der Waals surface area contributed by atoms with E-state index in [9.17, 15) is 0 Å². The maximum Gasteiger partial charge on any atom is 1.00 e. The summed E-state index contributed by atoms with van der Waals surface area (Å²) in [5, 5.41) is 17.8. The maximum absolute atomic E-state index is 8.30. The summed E-state index contributed by atoms with van der Waals surface area (Å²) in [7, 11) is 0. The summed E-state index contributed by atoms with van der Waals surface area (Å²) in [5.74, 6) is 0. The molecule has 1 heterocycles. The number of hydrogen-bond acceptors (Lipinski definition) is 4. The fourth-order valence-electron chi connectivity index (χ4n) is 1.14. The summed E-state index contributed by atoms with van der Waals surface area (Å²) in [5.41, 5.74) is 0. The van der Waals surface area contributed by atoms with Crippen molar-refractivity contribution < 1.29 is 51.4 Å². The number of nitrogens with zero attached hydrogens (tertiary/aromatic N) is 3. The van der Waals surface area contributed by atoms with Crippen LogP contribution in [0.5, 0.6) is 0 Å². The summed E-state index contributed by atoms with van der Waals surface area (Å²) in [4.78, 5) is 2.32. The van der Waals surface area contributed by atoms with Crippen LogP contribution < -0.4 is 56.7 Å². The fraction of sp³-hybridized carbons (Fsp3) is 0.750. The molecule has 1 aliphatic heterocycles. The van der Waals surface area contributed by atoms with Crippen molar-refractivity contribution in [1.82, 2.24) is 10.2 Å². The molecule has 1 fully saturated rings. The third-order valence-electron chi connectivity index (χ3n) is 1.75. The van der Waals surface area contributed by atoms with Crippen LogP contribution >= 0.6 is 0 Å². The van der Waals surface area contributed by atoms with E-state index in [1.165, 1.54) is 0 Å². The van der Waals surface area contributed by atoms with Crippen molar-refractivity contribution >= 4 is 0 Å². The van der Waals surface area contributed by atoms with Crippen LogP contribution in [0.3, 0.4) is 0 Å². The minimum atomic E-state index is 0. The zero-order valence-corrected chi connectivity index (χ0v) is 11.2. The van der Waals surface area contributed by atoms with Gasteiger partial charge in [0.05, 0.1) is 6.07 Å². The molecule has 66 valence electrons. The van der Waals surface area contributed by atoms with Crippen molar-refractivity contribution in [2.45, 2.75) is 6.42 Å². The van der Waals surface area contributed by atoms with Crippen molar-refractivity contribution in [3.63, 3.8) is 0 Å². The second-order valence-electron chi connectivity index (χ2n) is 2.50. The Morgan fingerprint density at radius 3 is 2.31 bits per heavy atom. The smallest absolute Gasteiger partial charge is 0.512 e. The van der Waals surface area contributed by atoms with Gasteiger partial charge in [-0.3, -0.25) is 4.90 Å². The molecule has 0 atom stereocenters. The van der Waals surface area contributed by atoms with Crippen LogP contribution in [0, 0.1) is 23.2 Å². The van der Waals surface area contributed by atoms with Gasteiger partial charge in [-0.25, -0.2) is 0 Å². The van der Waals surface area contributed by atoms with E-state index in [0.29, 0.717) is 6.42 Å². The summed E-state index contributed by atoms with van der Waals surface area (Å²) >= 11 is 0. The molecular formula is C8H13KN4. The summed E-state index contributed by atoms with van der Waals surface area (Å²) in [6.07, 6.45) is 0.667. The van der Waals surface area contributed by atoms with Gasteiger partial charge in [-0.2, -0.15) is 5.26 Å². The summed E-state index contributed by atoms with van der Waals surface area (Å²) in [6.45, 7) is 10.0. The van der Waals surface area contributed by atoms with Gasteiger partial charge in [-0.1, -0.05) is 0 Å². The molecule has 0 aliphatic carbocycles. The number of nitriles is 1. The Hall–Kier alpha value is 0.536. The molecule has 0 amide bonds. The van der Waals surface area contributed by atoms with Crippen molar-refractivity contribution in [1.29, 1.82) is 10.5 Å².